The van der Waals surface area contributed by atoms with Crippen molar-refractivity contribution in [3.8, 4) is 0 Å². The molecular formula is C17H34O17. The second-order valence-corrected chi connectivity index (χ2v) is 6.58. The third-order valence-electron chi connectivity index (χ3n) is 3.91. The summed E-state index contributed by atoms with van der Waals surface area (Å²) in [7, 11) is 0. The molecule has 0 spiro atoms. The third-order valence-corrected chi connectivity index (χ3v) is 3.91. The van der Waals surface area contributed by atoms with Gasteiger partial charge in [-0.2, -0.15) is 0 Å². The molecule has 0 bridgehead atoms. The summed E-state index contributed by atoms with van der Waals surface area (Å²) in [6.45, 7) is -2.21. The Morgan fingerprint density at radius 1 is 0.382 bits per heavy atom. The van der Waals surface area contributed by atoms with Crippen LogP contribution in [0.4, 0.5) is 0 Å². The number of aliphatic hydroxyl groups is 14. The average Bonchev–Trinajstić information content (AvgIpc) is 2.88. The molecule has 0 radical (unpaired) electrons. The smallest absolute Gasteiger partial charge is 0.151 e. The van der Waals surface area contributed by atoms with Crippen LogP contribution in [-0.2, 0) is 14.4 Å². The number of aldehydes is 3. The van der Waals surface area contributed by atoms with E-state index < -0.39 is 87.0 Å². The van der Waals surface area contributed by atoms with Gasteiger partial charge in [0, 0.05) is 0 Å². The van der Waals surface area contributed by atoms with E-state index in [0.717, 1.165) is 0 Å². The number of hydrogen-bond acceptors (Lipinski definition) is 17. The monoisotopic (exact) mass is 510 g/mol. The van der Waals surface area contributed by atoms with Crippen LogP contribution in [0.25, 0.3) is 0 Å². The molecule has 0 aromatic carbocycles. The highest BCUT2D eigenvalue weighted by Gasteiger charge is 2.30. The molecule has 0 aromatic rings. The van der Waals surface area contributed by atoms with Crippen LogP contribution in [0, 0.1) is 0 Å². The maximum Gasteiger partial charge on any atom is 0.151 e. The van der Waals surface area contributed by atoms with E-state index in [1.807, 2.05) is 0 Å². The Hall–Kier alpha value is -1.55. The molecule has 0 fully saturated rings. The molecule has 0 amide bonds. The van der Waals surface area contributed by atoms with Gasteiger partial charge in [0.25, 0.3) is 0 Å². The highest BCUT2D eigenvalue weighted by atomic mass is 16.4. The molecule has 0 aliphatic carbocycles. The highest BCUT2D eigenvalue weighted by molar-refractivity contribution is 5.57. The second kappa shape index (κ2) is 20.8. The SMILES string of the molecule is O=C[C@@H](O)[C@H](O)[C@H](O)CO.O=C[C@H](O)[C@@H](O)[C@@H](O)[C@H](O)CO.O=C[C@H](O)[C@@H](O)[C@H](O)[C@H](O)CO. The molecule has 0 aliphatic heterocycles. The first-order valence-electron chi connectivity index (χ1n) is 9.39. The molecule has 0 heterocycles. The normalized spacial score (nSPS) is 20.6. The van der Waals surface area contributed by atoms with Crippen LogP contribution < -0.4 is 0 Å². The molecule has 0 saturated heterocycles. The molecule has 11 atom stereocenters. The standard InChI is InChI=1S/2C6H12O6.C5H10O5/c2*7-1-3(9)5(11)6(12)4(10)2-8;6-1-3(8)5(10)4(9)2-7/h2*1,3-6,8-12H,2H2;1,3-5,7-10H,2H2/t3-,4+,5+,6+;3-,4+,5+,6-;3-,4-,5+/m001/s1. The fourth-order valence-electron chi connectivity index (χ4n) is 1.65. The van der Waals surface area contributed by atoms with Gasteiger partial charge >= 0.3 is 0 Å². The predicted octanol–water partition coefficient (Wildman–Crippen LogP) is -9.50. The van der Waals surface area contributed by atoms with Crippen LogP contribution in [-0.4, -0.2) is 177 Å². The summed E-state index contributed by atoms with van der Waals surface area (Å²) in [6, 6.07) is 0. The Morgan fingerprint density at radius 3 is 0.794 bits per heavy atom. The summed E-state index contributed by atoms with van der Waals surface area (Å²) in [4.78, 5) is 29.6. The van der Waals surface area contributed by atoms with Crippen molar-refractivity contribution in [2.24, 2.45) is 0 Å². The van der Waals surface area contributed by atoms with E-state index in [4.69, 9.17) is 71.5 Å². The van der Waals surface area contributed by atoms with E-state index >= 15 is 0 Å². The van der Waals surface area contributed by atoms with Gasteiger partial charge < -0.3 is 85.9 Å². The molecule has 14 N–H and O–H groups in total. The molecule has 204 valence electrons. The maximum atomic E-state index is 9.90. The molecule has 34 heavy (non-hydrogen) atoms. The van der Waals surface area contributed by atoms with Crippen molar-refractivity contribution >= 4 is 18.9 Å². The van der Waals surface area contributed by atoms with E-state index in [1.54, 1.807) is 0 Å². The van der Waals surface area contributed by atoms with Crippen LogP contribution in [0.2, 0.25) is 0 Å². The fourth-order valence-corrected chi connectivity index (χ4v) is 1.65. The molecule has 17 heteroatoms. The first kappa shape index (κ1) is 37.0. The Labute approximate surface area is 192 Å². The topological polar surface area (TPSA) is 334 Å². The quantitative estimate of drug-likeness (QED) is 0.0964. The van der Waals surface area contributed by atoms with Crippen molar-refractivity contribution in [2.45, 2.75) is 67.1 Å². The Balaban J connectivity index is -0.000000426. The van der Waals surface area contributed by atoms with Gasteiger partial charge in [0.2, 0.25) is 0 Å². The van der Waals surface area contributed by atoms with Crippen molar-refractivity contribution in [3.63, 3.8) is 0 Å². The van der Waals surface area contributed by atoms with Crippen LogP contribution in [0.3, 0.4) is 0 Å². The number of aliphatic hydroxyl groups excluding tert-OH is 14. The van der Waals surface area contributed by atoms with Gasteiger partial charge in [0.15, 0.2) is 18.9 Å². The van der Waals surface area contributed by atoms with Gasteiger partial charge in [0.1, 0.15) is 67.1 Å². The minimum Gasteiger partial charge on any atom is -0.394 e. The number of hydrogen-bond donors (Lipinski definition) is 14. The highest BCUT2D eigenvalue weighted by Crippen LogP contribution is 2.04. The lowest BCUT2D eigenvalue weighted by Gasteiger charge is -2.22. The number of carbonyl (C=O) groups is 3. The lowest BCUT2D eigenvalue weighted by atomic mass is 10.0. The lowest BCUT2D eigenvalue weighted by Crippen LogP contribution is -2.46. The van der Waals surface area contributed by atoms with Gasteiger partial charge in [-0.3, -0.25) is 0 Å². The summed E-state index contributed by atoms with van der Waals surface area (Å²) < 4.78 is 0. The van der Waals surface area contributed by atoms with Crippen LogP contribution >= 0.6 is 0 Å². The minimum atomic E-state index is -1.79. The molecule has 0 unspecified atom stereocenters. The zero-order valence-corrected chi connectivity index (χ0v) is 17.7. The number of rotatable bonds is 14. The second-order valence-electron chi connectivity index (χ2n) is 6.58. The Morgan fingerprint density at radius 2 is 0.588 bits per heavy atom. The summed E-state index contributed by atoms with van der Waals surface area (Å²) in [6.07, 6.45) is -18.3. The third kappa shape index (κ3) is 14.7. The summed E-state index contributed by atoms with van der Waals surface area (Å²) in [5, 5.41) is 121. The maximum absolute atomic E-state index is 9.90. The van der Waals surface area contributed by atoms with E-state index in [1.165, 1.54) is 0 Å². The van der Waals surface area contributed by atoms with Crippen molar-refractivity contribution in [1.82, 2.24) is 0 Å². The van der Waals surface area contributed by atoms with E-state index in [9.17, 15) is 14.4 Å². The van der Waals surface area contributed by atoms with E-state index in [2.05, 4.69) is 0 Å². The molecule has 0 saturated carbocycles. The van der Waals surface area contributed by atoms with Crippen molar-refractivity contribution in [1.29, 1.82) is 0 Å². The Bertz CT molecular complexity index is 490. The van der Waals surface area contributed by atoms with Gasteiger partial charge in [-0.15, -0.1) is 0 Å². The van der Waals surface area contributed by atoms with E-state index in [-0.39, 0.29) is 18.9 Å². The molecule has 0 aromatic heterocycles. The summed E-state index contributed by atoms with van der Waals surface area (Å²) >= 11 is 0. The van der Waals surface area contributed by atoms with Gasteiger partial charge in [0.05, 0.1) is 19.8 Å². The lowest BCUT2D eigenvalue weighted by molar-refractivity contribution is -0.136. The number of carbonyl (C=O) groups excluding carboxylic acids is 3. The minimum absolute atomic E-state index is 0.0258. The van der Waals surface area contributed by atoms with Gasteiger partial charge in [-0.05, 0) is 0 Å². The van der Waals surface area contributed by atoms with Crippen LogP contribution in [0.1, 0.15) is 0 Å². The summed E-state index contributed by atoms with van der Waals surface area (Å²) in [5.74, 6) is 0. The fraction of sp³-hybridized carbons (Fsp3) is 0.824. The van der Waals surface area contributed by atoms with Crippen molar-refractivity contribution in [3.05, 3.63) is 0 Å². The predicted molar refractivity (Wildman–Crippen MR) is 106 cm³/mol. The average molecular weight is 510 g/mol. The van der Waals surface area contributed by atoms with Crippen molar-refractivity contribution in [2.75, 3.05) is 19.8 Å². The summed E-state index contributed by atoms with van der Waals surface area (Å²) in [5.41, 5.74) is 0. The molecular weight excluding hydrogens is 476 g/mol. The van der Waals surface area contributed by atoms with E-state index in [0.29, 0.717) is 0 Å². The molecule has 17 nitrogen and oxygen atoms in total. The van der Waals surface area contributed by atoms with Crippen LogP contribution in [0.5, 0.6) is 0 Å². The first-order valence-corrected chi connectivity index (χ1v) is 9.39. The van der Waals surface area contributed by atoms with Gasteiger partial charge in [-0.1, -0.05) is 0 Å². The zero-order chi connectivity index (χ0) is 27.6. The largest absolute Gasteiger partial charge is 0.394 e. The van der Waals surface area contributed by atoms with Crippen molar-refractivity contribution < 1.29 is 85.9 Å². The Kier molecular flexibility index (Phi) is 22.6. The van der Waals surface area contributed by atoms with Gasteiger partial charge in [-0.25, -0.2) is 0 Å². The molecule has 0 aliphatic rings. The molecule has 0 rings (SSSR count). The van der Waals surface area contributed by atoms with Crippen LogP contribution in [0.15, 0.2) is 0 Å². The zero-order valence-electron chi connectivity index (χ0n) is 17.7. The first-order chi connectivity index (χ1) is 15.7.